The average Bonchev–Trinajstić information content (AvgIpc) is 2.46. The number of nitrogens with zero attached hydrogens (tertiary/aromatic N) is 1. The minimum absolute atomic E-state index is 0.0509. The van der Waals surface area contributed by atoms with Crippen LogP contribution in [0.1, 0.15) is 80.6 Å². The SMILES string of the molecule is CC(=O)O[C@H]1CC(ON2C(C)(C)CCCC2(C)C)C[C@H](OC(C)=O)C1C. The summed E-state index contributed by atoms with van der Waals surface area (Å²) in [6.07, 6.45) is 3.76. The van der Waals surface area contributed by atoms with E-state index >= 15 is 0 Å². The van der Waals surface area contributed by atoms with Crippen molar-refractivity contribution in [3.63, 3.8) is 0 Å². The van der Waals surface area contributed by atoms with Gasteiger partial charge in [0.05, 0.1) is 6.10 Å². The predicted octanol–water partition coefficient (Wildman–Crippen LogP) is 3.62. The van der Waals surface area contributed by atoms with Crippen LogP contribution in [0, 0.1) is 5.92 Å². The van der Waals surface area contributed by atoms with Crippen LogP contribution in [0.25, 0.3) is 0 Å². The summed E-state index contributed by atoms with van der Waals surface area (Å²) < 4.78 is 11.0. The zero-order valence-electron chi connectivity index (χ0n) is 17.3. The van der Waals surface area contributed by atoms with Crippen LogP contribution in [0.2, 0.25) is 0 Å². The monoisotopic (exact) mass is 369 g/mol. The summed E-state index contributed by atoms with van der Waals surface area (Å²) in [5.74, 6) is -0.685. The number of esters is 2. The number of hydrogen-bond acceptors (Lipinski definition) is 6. The van der Waals surface area contributed by atoms with Gasteiger partial charge in [0.25, 0.3) is 0 Å². The molecule has 0 radical (unpaired) electrons. The third-order valence-corrected chi connectivity index (χ3v) is 5.73. The lowest BCUT2D eigenvalue weighted by atomic mass is 9.81. The van der Waals surface area contributed by atoms with Crippen LogP contribution in [0.5, 0.6) is 0 Å². The smallest absolute Gasteiger partial charge is 0.302 e. The van der Waals surface area contributed by atoms with Gasteiger partial charge in [0.1, 0.15) is 12.2 Å². The van der Waals surface area contributed by atoms with Gasteiger partial charge in [-0.3, -0.25) is 14.4 Å². The number of carbonyl (C=O) groups is 2. The summed E-state index contributed by atoms with van der Waals surface area (Å²) in [4.78, 5) is 29.5. The van der Waals surface area contributed by atoms with Gasteiger partial charge in [0, 0.05) is 43.7 Å². The molecule has 0 amide bonds. The van der Waals surface area contributed by atoms with Crippen molar-refractivity contribution in [2.24, 2.45) is 5.92 Å². The molecular weight excluding hydrogens is 334 g/mol. The van der Waals surface area contributed by atoms with Gasteiger partial charge in [-0.15, -0.1) is 0 Å². The first kappa shape index (κ1) is 21.2. The van der Waals surface area contributed by atoms with Crippen molar-refractivity contribution >= 4 is 11.9 Å². The van der Waals surface area contributed by atoms with Crippen LogP contribution in [0.15, 0.2) is 0 Å². The number of hydroxylamine groups is 2. The fourth-order valence-corrected chi connectivity index (χ4v) is 4.52. The van der Waals surface area contributed by atoms with Crippen molar-refractivity contribution in [1.82, 2.24) is 5.06 Å². The summed E-state index contributed by atoms with van der Waals surface area (Å²) in [6, 6.07) is 0. The molecule has 2 aliphatic rings. The molecule has 1 aliphatic carbocycles. The maximum absolute atomic E-state index is 11.5. The van der Waals surface area contributed by atoms with E-state index in [1.807, 2.05) is 6.92 Å². The van der Waals surface area contributed by atoms with E-state index in [0.29, 0.717) is 12.8 Å². The van der Waals surface area contributed by atoms with Crippen molar-refractivity contribution < 1.29 is 23.9 Å². The maximum Gasteiger partial charge on any atom is 0.302 e. The van der Waals surface area contributed by atoms with Crippen molar-refractivity contribution in [3.05, 3.63) is 0 Å². The zero-order valence-corrected chi connectivity index (χ0v) is 17.3. The Hall–Kier alpha value is -1.14. The Morgan fingerprint density at radius 2 is 1.31 bits per heavy atom. The molecule has 2 atom stereocenters. The topological polar surface area (TPSA) is 65.1 Å². The molecule has 6 nitrogen and oxygen atoms in total. The van der Waals surface area contributed by atoms with Crippen LogP contribution in [0.3, 0.4) is 0 Å². The van der Waals surface area contributed by atoms with E-state index in [-0.39, 0.29) is 47.2 Å². The van der Waals surface area contributed by atoms with E-state index < -0.39 is 0 Å². The number of ether oxygens (including phenoxy) is 2. The molecule has 150 valence electrons. The molecule has 0 aromatic rings. The first-order valence-corrected chi connectivity index (χ1v) is 9.74. The molecule has 26 heavy (non-hydrogen) atoms. The largest absolute Gasteiger partial charge is 0.462 e. The van der Waals surface area contributed by atoms with Crippen molar-refractivity contribution in [1.29, 1.82) is 0 Å². The van der Waals surface area contributed by atoms with Gasteiger partial charge in [-0.25, -0.2) is 0 Å². The molecule has 2 fully saturated rings. The molecule has 1 saturated carbocycles. The number of rotatable bonds is 4. The van der Waals surface area contributed by atoms with Crippen molar-refractivity contribution in [2.75, 3.05) is 0 Å². The first-order valence-electron chi connectivity index (χ1n) is 9.74. The van der Waals surface area contributed by atoms with Crippen LogP contribution in [-0.2, 0) is 23.9 Å². The van der Waals surface area contributed by atoms with E-state index in [1.54, 1.807) is 0 Å². The standard InChI is InChI=1S/C20H35NO5/c1-13-17(24-14(2)22)11-16(12-18(13)25-15(3)23)26-21-19(4,5)9-8-10-20(21,6)7/h13,16-18H,8-12H2,1-7H3/t13?,16?,17-,18-/m0/s1. The molecular formula is C20H35NO5. The van der Waals surface area contributed by atoms with Crippen LogP contribution in [-0.4, -0.2) is 46.4 Å². The van der Waals surface area contributed by atoms with Gasteiger partial charge in [-0.1, -0.05) is 6.92 Å². The molecule has 0 N–H and O–H groups in total. The van der Waals surface area contributed by atoms with Gasteiger partial charge in [0.15, 0.2) is 0 Å². The van der Waals surface area contributed by atoms with E-state index in [0.717, 1.165) is 12.8 Å². The molecule has 0 spiro atoms. The highest BCUT2D eigenvalue weighted by Gasteiger charge is 2.46. The fraction of sp³-hybridized carbons (Fsp3) is 0.900. The molecule has 0 bridgehead atoms. The second-order valence-corrected chi connectivity index (χ2v) is 9.13. The van der Waals surface area contributed by atoms with E-state index in [1.165, 1.54) is 20.3 Å². The Morgan fingerprint density at radius 1 is 0.885 bits per heavy atom. The molecule has 0 aromatic carbocycles. The molecule has 1 saturated heterocycles. The Balaban J connectivity index is 2.18. The van der Waals surface area contributed by atoms with Crippen molar-refractivity contribution in [2.45, 2.75) is 110 Å². The van der Waals surface area contributed by atoms with Gasteiger partial charge in [0.2, 0.25) is 0 Å². The molecule has 1 aliphatic heterocycles. The Morgan fingerprint density at radius 3 is 1.69 bits per heavy atom. The molecule has 6 heteroatoms. The molecule has 0 aromatic heterocycles. The minimum atomic E-state index is -0.317. The van der Waals surface area contributed by atoms with Gasteiger partial charge in [-0.05, 0) is 47.0 Å². The number of piperidine rings is 1. The van der Waals surface area contributed by atoms with Crippen LogP contribution < -0.4 is 0 Å². The predicted molar refractivity (Wildman–Crippen MR) is 98.2 cm³/mol. The minimum Gasteiger partial charge on any atom is -0.462 e. The van der Waals surface area contributed by atoms with E-state index in [9.17, 15) is 9.59 Å². The van der Waals surface area contributed by atoms with Crippen molar-refractivity contribution in [3.8, 4) is 0 Å². The normalized spacial score (nSPS) is 34.1. The highest BCUT2D eigenvalue weighted by Crippen LogP contribution is 2.41. The highest BCUT2D eigenvalue weighted by atomic mass is 16.7. The highest BCUT2D eigenvalue weighted by molar-refractivity contribution is 5.66. The molecule has 1 heterocycles. The fourth-order valence-electron chi connectivity index (χ4n) is 4.52. The number of carbonyl (C=O) groups excluding carboxylic acids is 2. The van der Waals surface area contributed by atoms with E-state index in [2.05, 4.69) is 32.8 Å². The third-order valence-electron chi connectivity index (χ3n) is 5.73. The quantitative estimate of drug-likeness (QED) is 0.705. The van der Waals surface area contributed by atoms with Gasteiger partial charge < -0.3 is 9.47 Å². The van der Waals surface area contributed by atoms with Gasteiger partial charge in [-0.2, -0.15) is 5.06 Å². The Labute approximate surface area is 157 Å². The Kier molecular flexibility index (Phi) is 6.39. The molecule has 2 rings (SSSR count). The lowest BCUT2D eigenvalue weighted by Crippen LogP contribution is -2.60. The second kappa shape index (κ2) is 7.85. The second-order valence-electron chi connectivity index (χ2n) is 9.13. The third kappa shape index (κ3) is 4.97. The summed E-state index contributed by atoms with van der Waals surface area (Å²) in [5, 5.41) is 2.12. The Bertz CT molecular complexity index is 488. The summed E-state index contributed by atoms with van der Waals surface area (Å²) in [6.45, 7) is 13.6. The summed E-state index contributed by atoms with van der Waals surface area (Å²) in [7, 11) is 0. The average molecular weight is 370 g/mol. The lowest BCUT2D eigenvalue weighted by molar-refractivity contribution is -0.317. The summed E-state index contributed by atoms with van der Waals surface area (Å²) >= 11 is 0. The zero-order chi connectivity index (χ0) is 19.7. The van der Waals surface area contributed by atoms with Crippen LogP contribution in [0.4, 0.5) is 0 Å². The first-order chi connectivity index (χ1) is 11.9. The molecule has 0 unspecified atom stereocenters. The number of hydrogen-bond donors (Lipinski definition) is 0. The summed E-state index contributed by atoms with van der Waals surface area (Å²) in [5.41, 5.74) is -0.142. The van der Waals surface area contributed by atoms with Crippen LogP contribution >= 0.6 is 0 Å². The van der Waals surface area contributed by atoms with E-state index in [4.69, 9.17) is 14.3 Å². The lowest BCUT2D eigenvalue weighted by Gasteiger charge is -2.53. The maximum atomic E-state index is 11.5. The van der Waals surface area contributed by atoms with Gasteiger partial charge >= 0.3 is 11.9 Å².